The Hall–Kier alpha value is -1.13. The maximum absolute atomic E-state index is 13.3. The second-order valence-electron chi connectivity index (χ2n) is 4.02. The molecule has 1 fully saturated rings. The van der Waals surface area contributed by atoms with Crippen LogP contribution in [0.2, 0.25) is 5.02 Å². The van der Waals surface area contributed by atoms with E-state index >= 15 is 0 Å². The van der Waals surface area contributed by atoms with Gasteiger partial charge in [0.2, 0.25) is 0 Å². The molecule has 1 amide bonds. The van der Waals surface area contributed by atoms with E-state index in [1.54, 1.807) is 0 Å². The van der Waals surface area contributed by atoms with Crippen LogP contribution in [0, 0.1) is 5.82 Å². The van der Waals surface area contributed by atoms with Crippen molar-refractivity contribution in [1.29, 1.82) is 0 Å². The molecule has 0 saturated heterocycles. The number of aliphatic hydroxyl groups excluding tert-OH is 1. The highest BCUT2D eigenvalue weighted by Crippen LogP contribution is 2.35. The van der Waals surface area contributed by atoms with Gasteiger partial charge in [-0.3, -0.25) is 4.79 Å². The number of halogens is 2. The van der Waals surface area contributed by atoms with E-state index in [-0.39, 0.29) is 12.2 Å². The lowest BCUT2D eigenvalue weighted by Gasteiger charge is -2.14. The molecule has 0 radical (unpaired) electrons. The largest absolute Gasteiger partial charge is 0.394 e. The summed E-state index contributed by atoms with van der Waals surface area (Å²) >= 11 is 5.69. The van der Waals surface area contributed by atoms with Crippen LogP contribution >= 0.6 is 11.6 Å². The molecule has 16 heavy (non-hydrogen) atoms. The van der Waals surface area contributed by atoms with E-state index < -0.39 is 17.3 Å². The third-order valence-corrected chi connectivity index (χ3v) is 2.94. The normalized spacial score (nSPS) is 16.9. The summed E-state index contributed by atoms with van der Waals surface area (Å²) in [6, 6.07) is 3.81. The lowest BCUT2D eigenvalue weighted by atomic mass is 10.1. The zero-order chi connectivity index (χ0) is 11.8. The van der Waals surface area contributed by atoms with Crippen LogP contribution in [0.25, 0.3) is 0 Å². The van der Waals surface area contributed by atoms with Crippen molar-refractivity contribution in [2.45, 2.75) is 18.4 Å². The first kappa shape index (κ1) is 11.4. The first-order chi connectivity index (χ1) is 7.56. The molecule has 0 spiro atoms. The fourth-order valence-electron chi connectivity index (χ4n) is 1.45. The molecule has 1 aromatic rings. The number of aliphatic hydroxyl groups is 1. The van der Waals surface area contributed by atoms with Gasteiger partial charge in [-0.25, -0.2) is 4.39 Å². The lowest BCUT2D eigenvalue weighted by Crippen LogP contribution is -2.39. The van der Waals surface area contributed by atoms with Crippen molar-refractivity contribution >= 4 is 17.5 Å². The molecule has 5 heteroatoms. The highest BCUT2D eigenvalue weighted by molar-refractivity contribution is 6.31. The van der Waals surface area contributed by atoms with Crippen LogP contribution in [-0.2, 0) is 0 Å². The number of hydrogen-bond donors (Lipinski definition) is 2. The summed E-state index contributed by atoms with van der Waals surface area (Å²) < 4.78 is 13.3. The van der Waals surface area contributed by atoms with Gasteiger partial charge in [-0.2, -0.15) is 0 Å². The van der Waals surface area contributed by atoms with E-state index in [1.807, 2.05) is 0 Å². The standard InChI is InChI=1S/C11H11ClFNO2/c12-7-1-2-9(13)8(5-7)10(16)14-11(6-15)3-4-11/h1-2,5,15H,3-4,6H2,(H,14,16). The van der Waals surface area contributed by atoms with Crippen LogP contribution in [0.4, 0.5) is 4.39 Å². The molecule has 1 aliphatic rings. The summed E-state index contributed by atoms with van der Waals surface area (Å²) in [6.07, 6.45) is 1.44. The number of amides is 1. The average molecular weight is 244 g/mol. The van der Waals surface area contributed by atoms with Gasteiger partial charge in [-0.1, -0.05) is 11.6 Å². The van der Waals surface area contributed by atoms with Gasteiger partial charge in [0, 0.05) is 5.02 Å². The SMILES string of the molecule is O=C(NC1(CO)CC1)c1cc(Cl)ccc1F. The van der Waals surface area contributed by atoms with Crippen molar-refractivity contribution in [2.24, 2.45) is 0 Å². The Kier molecular flexibility index (Phi) is 2.86. The Morgan fingerprint density at radius 1 is 1.56 bits per heavy atom. The highest BCUT2D eigenvalue weighted by Gasteiger charge is 2.43. The quantitative estimate of drug-likeness (QED) is 0.850. The molecule has 1 aromatic carbocycles. The molecular formula is C11H11ClFNO2. The second kappa shape index (κ2) is 4.03. The summed E-state index contributed by atoms with van der Waals surface area (Å²) in [6.45, 7) is -0.124. The molecule has 1 saturated carbocycles. The van der Waals surface area contributed by atoms with Crippen molar-refractivity contribution in [3.63, 3.8) is 0 Å². The molecule has 0 unspecified atom stereocenters. The number of rotatable bonds is 3. The van der Waals surface area contributed by atoms with Crippen molar-refractivity contribution in [3.8, 4) is 0 Å². The Bertz CT molecular complexity index is 432. The maximum Gasteiger partial charge on any atom is 0.254 e. The molecule has 86 valence electrons. The van der Waals surface area contributed by atoms with E-state index in [4.69, 9.17) is 16.7 Å². The first-order valence-electron chi connectivity index (χ1n) is 4.95. The van der Waals surface area contributed by atoms with Gasteiger partial charge in [0.05, 0.1) is 17.7 Å². The molecule has 0 aliphatic heterocycles. The molecule has 2 N–H and O–H groups in total. The minimum absolute atomic E-state index is 0.0905. The minimum atomic E-state index is -0.615. The summed E-state index contributed by atoms with van der Waals surface area (Å²) in [4.78, 5) is 11.7. The van der Waals surface area contributed by atoms with Gasteiger partial charge in [0.1, 0.15) is 5.82 Å². The number of nitrogens with one attached hydrogen (secondary N) is 1. The zero-order valence-electron chi connectivity index (χ0n) is 8.46. The van der Waals surface area contributed by atoms with Crippen molar-refractivity contribution < 1.29 is 14.3 Å². The summed E-state index contributed by atoms with van der Waals surface area (Å²) in [7, 11) is 0. The molecule has 0 atom stereocenters. The van der Waals surface area contributed by atoms with Crippen LogP contribution in [0.5, 0.6) is 0 Å². The van der Waals surface area contributed by atoms with Crippen molar-refractivity contribution in [3.05, 3.63) is 34.6 Å². The molecule has 0 heterocycles. The fourth-order valence-corrected chi connectivity index (χ4v) is 1.63. The number of carbonyl (C=O) groups excluding carboxylic acids is 1. The topological polar surface area (TPSA) is 49.3 Å². The van der Waals surface area contributed by atoms with E-state index in [0.29, 0.717) is 5.02 Å². The third kappa shape index (κ3) is 2.18. The van der Waals surface area contributed by atoms with E-state index in [0.717, 1.165) is 18.9 Å². The molecule has 2 rings (SSSR count). The Morgan fingerprint density at radius 3 is 2.81 bits per heavy atom. The molecule has 0 aromatic heterocycles. The predicted octanol–water partition coefficient (Wildman–Crippen LogP) is 1.73. The maximum atomic E-state index is 13.3. The van der Waals surface area contributed by atoms with E-state index in [2.05, 4.69) is 5.32 Å². The minimum Gasteiger partial charge on any atom is -0.394 e. The second-order valence-corrected chi connectivity index (χ2v) is 4.45. The Labute approximate surface area is 97.2 Å². The van der Waals surface area contributed by atoms with Crippen LogP contribution < -0.4 is 5.32 Å². The predicted molar refractivity (Wildman–Crippen MR) is 57.9 cm³/mol. The number of hydrogen-bond acceptors (Lipinski definition) is 2. The summed E-state index contributed by atoms with van der Waals surface area (Å²) in [5, 5.41) is 12.0. The first-order valence-corrected chi connectivity index (χ1v) is 5.32. The van der Waals surface area contributed by atoms with Gasteiger partial charge < -0.3 is 10.4 Å². The van der Waals surface area contributed by atoms with Crippen LogP contribution in [0.15, 0.2) is 18.2 Å². The Balaban J connectivity index is 2.17. The molecule has 1 aliphatic carbocycles. The lowest BCUT2D eigenvalue weighted by molar-refractivity contribution is 0.0902. The summed E-state index contributed by atoms with van der Waals surface area (Å²) in [5.74, 6) is -1.15. The van der Waals surface area contributed by atoms with Crippen LogP contribution in [-0.4, -0.2) is 23.2 Å². The number of carbonyl (C=O) groups is 1. The van der Waals surface area contributed by atoms with Gasteiger partial charge in [0.15, 0.2) is 0 Å². The Morgan fingerprint density at radius 2 is 2.25 bits per heavy atom. The van der Waals surface area contributed by atoms with E-state index in [1.165, 1.54) is 12.1 Å². The van der Waals surface area contributed by atoms with Gasteiger partial charge >= 0.3 is 0 Å². The zero-order valence-corrected chi connectivity index (χ0v) is 9.22. The van der Waals surface area contributed by atoms with E-state index in [9.17, 15) is 9.18 Å². The smallest absolute Gasteiger partial charge is 0.254 e. The van der Waals surface area contributed by atoms with Crippen molar-refractivity contribution in [1.82, 2.24) is 5.32 Å². The highest BCUT2D eigenvalue weighted by atomic mass is 35.5. The van der Waals surface area contributed by atoms with Gasteiger partial charge in [-0.15, -0.1) is 0 Å². The van der Waals surface area contributed by atoms with Gasteiger partial charge in [-0.05, 0) is 31.0 Å². The number of benzene rings is 1. The van der Waals surface area contributed by atoms with Crippen LogP contribution in [0.1, 0.15) is 23.2 Å². The molecule has 3 nitrogen and oxygen atoms in total. The van der Waals surface area contributed by atoms with Crippen molar-refractivity contribution in [2.75, 3.05) is 6.61 Å². The molecule has 0 bridgehead atoms. The van der Waals surface area contributed by atoms with Gasteiger partial charge in [0.25, 0.3) is 5.91 Å². The third-order valence-electron chi connectivity index (χ3n) is 2.71. The fraction of sp³-hybridized carbons (Fsp3) is 0.364. The average Bonchev–Trinajstić information content (AvgIpc) is 3.02. The molecular weight excluding hydrogens is 233 g/mol. The monoisotopic (exact) mass is 243 g/mol. The summed E-state index contributed by atoms with van der Waals surface area (Å²) in [5.41, 5.74) is -0.640. The van der Waals surface area contributed by atoms with Crippen LogP contribution in [0.3, 0.4) is 0 Å².